The van der Waals surface area contributed by atoms with Gasteiger partial charge in [-0.1, -0.05) is 0 Å². The number of hydrogen-bond donors (Lipinski definition) is 0. The van der Waals surface area contributed by atoms with Crippen LogP contribution in [0.4, 0.5) is 11.4 Å². The fourth-order valence-corrected chi connectivity index (χ4v) is 2.55. The van der Waals surface area contributed by atoms with Gasteiger partial charge < -0.3 is 9.64 Å². The molecule has 0 radical (unpaired) electrons. The number of nitro groups is 1. The molecule has 6 nitrogen and oxygen atoms in total. The van der Waals surface area contributed by atoms with Crippen molar-refractivity contribution < 1.29 is 14.5 Å². The van der Waals surface area contributed by atoms with Gasteiger partial charge in [-0.2, -0.15) is 0 Å². The number of carbonyl (C=O) groups excluding carboxylic acids is 1. The fraction of sp³-hybridized carbons (Fsp3) is 0.235. The molecule has 1 saturated heterocycles. The molecule has 2 aromatic carbocycles. The SMILES string of the molecule is O=C(c1ccc(N2CCOCC2)cc1)c1ccc([N+](=O)[O-])cc1. The van der Waals surface area contributed by atoms with Crippen LogP contribution >= 0.6 is 0 Å². The van der Waals surface area contributed by atoms with E-state index >= 15 is 0 Å². The molecule has 118 valence electrons. The van der Waals surface area contributed by atoms with Crippen molar-refractivity contribution in [2.24, 2.45) is 0 Å². The van der Waals surface area contributed by atoms with Crippen molar-refractivity contribution in [3.05, 3.63) is 69.8 Å². The number of anilines is 1. The van der Waals surface area contributed by atoms with Gasteiger partial charge in [-0.3, -0.25) is 14.9 Å². The van der Waals surface area contributed by atoms with Crippen molar-refractivity contribution in [3.63, 3.8) is 0 Å². The summed E-state index contributed by atoms with van der Waals surface area (Å²) in [6, 6.07) is 13.1. The monoisotopic (exact) mass is 312 g/mol. The van der Waals surface area contributed by atoms with E-state index in [4.69, 9.17) is 4.74 Å². The standard InChI is InChI=1S/C17H16N2O4/c20-17(14-3-7-16(8-4-14)19(21)22)13-1-5-15(6-2-13)18-9-11-23-12-10-18/h1-8H,9-12H2. The van der Waals surface area contributed by atoms with Gasteiger partial charge >= 0.3 is 0 Å². The van der Waals surface area contributed by atoms with Gasteiger partial charge in [0.1, 0.15) is 0 Å². The summed E-state index contributed by atoms with van der Waals surface area (Å²) in [6.45, 7) is 3.11. The minimum absolute atomic E-state index is 0.0239. The third-order valence-corrected chi connectivity index (χ3v) is 3.85. The van der Waals surface area contributed by atoms with E-state index in [0.717, 1.165) is 18.8 Å². The molecule has 0 amide bonds. The zero-order valence-corrected chi connectivity index (χ0v) is 12.5. The van der Waals surface area contributed by atoms with Crippen LogP contribution in [0.25, 0.3) is 0 Å². The lowest BCUT2D eigenvalue weighted by molar-refractivity contribution is -0.384. The maximum Gasteiger partial charge on any atom is 0.269 e. The summed E-state index contributed by atoms with van der Waals surface area (Å²) in [5.41, 5.74) is 2.04. The largest absolute Gasteiger partial charge is 0.378 e. The number of nitro benzene ring substituents is 1. The van der Waals surface area contributed by atoms with Crippen LogP contribution in [0.5, 0.6) is 0 Å². The van der Waals surface area contributed by atoms with E-state index in [9.17, 15) is 14.9 Å². The van der Waals surface area contributed by atoms with Gasteiger partial charge in [0, 0.05) is 42.0 Å². The van der Waals surface area contributed by atoms with Crippen molar-refractivity contribution in [2.45, 2.75) is 0 Å². The second kappa shape index (κ2) is 6.58. The number of carbonyl (C=O) groups is 1. The second-order valence-electron chi connectivity index (χ2n) is 5.28. The van der Waals surface area contributed by atoms with E-state index in [0.29, 0.717) is 24.3 Å². The smallest absolute Gasteiger partial charge is 0.269 e. The number of non-ortho nitro benzene ring substituents is 1. The number of rotatable bonds is 4. The highest BCUT2D eigenvalue weighted by Crippen LogP contribution is 2.19. The third-order valence-electron chi connectivity index (χ3n) is 3.85. The lowest BCUT2D eigenvalue weighted by Crippen LogP contribution is -2.36. The fourth-order valence-electron chi connectivity index (χ4n) is 2.55. The lowest BCUT2D eigenvalue weighted by atomic mass is 10.0. The molecule has 0 atom stereocenters. The van der Waals surface area contributed by atoms with Gasteiger partial charge in [-0.15, -0.1) is 0 Å². The van der Waals surface area contributed by atoms with E-state index < -0.39 is 4.92 Å². The number of benzene rings is 2. The molecule has 1 aliphatic heterocycles. The molecule has 0 unspecified atom stereocenters. The second-order valence-corrected chi connectivity index (χ2v) is 5.28. The van der Waals surface area contributed by atoms with Crippen molar-refractivity contribution in [1.82, 2.24) is 0 Å². The molecule has 0 N–H and O–H groups in total. The van der Waals surface area contributed by atoms with Crippen molar-refractivity contribution in [2.75, 3.05) is 31.2 Å². The van der Waals surface area contributed by atoms with Crippen LogP contribution in [0.3, 0.4) is 0 Å². The van der Waals surface area contributed by atoms with Crippen molar-refractivity contribution >= 4 is 17.2 Å². The minimum Gasteiger partial charge on any atom is -0.378 e. The molecule has 3 rings (SSSR count). The summed E-state index contributed by atoms with van der Waals surface area (Å²) in [4.78, 5) is 24.8. The Morgan fingerprint density at radius 2 is 1.48 bits per heavy atom. The Hall–Kier alpha value is -2.73. The van der Waals surface area contributed by atoms with Gasteiger partial charge in [0.05, 0.1) is 18.1 Å². The average Bonchev–Trinajstić information content (AvgIpc) is 2.62. The van der Waals surface area contributed by atoms with Crippen LogP contribution in [0.1, 0.15) is 15.9 Å². The van der Waals surface area contributed by atoms with Crippen molar-refractivity contribution in [3.8, 4) is 0 Å². The highest BCUT2D eigenvalue weighted by Gasteiger charge is 2.14. The molecule has 1 fully saturated rings. The first-order chi connectivity index (χ1) is 11.1. The molecule has 0 spiro atoms. The lowest BCUT2D eigenvalue weighted by Gasteiger charge is -2.28. The highest BCUT2D eigenvalue weighted by molar-refractivity contribution is 6.09. The number of ether oxygens (including phenoxy) is 1. The first-order valence-electron chi connectivity index (χ1n) is 7.37. The summed E-state index contributed by atoms with van der Waals surface area (Å²) in [7, 11) is 0. The van der Waals surface area contributed by atoms with E-state index in [1.165, 1.54) is 24.3 Å². The molecule has 0 aliphatic carbocycles. The highest BCUT2D eigenvalue weighted by atomic mass is 16.6. The number of ketones is 1. The topological polar surface area (TPSA) is 72.7 Å². The van der Waals surface area contributed by atoms with E-state index in [2.05, 4.69) is 4.90 Å². The Morgan fingerprint density at radius 3 is 2.00 bits per heavy atom. The Bertz CT molecular complexity index is 704. The predicted octanol–water partition coefficient (Wildman–Crippen LogP) is 2.66. The molecule has 0 bridgehead atoms. The summed E-state index contributed by atoms with van der Waals surface area (Å²) in [5, 5.41) is 10.6. The van der Waals surface area contributed by atoms with E-state index in [1.807, 2.05) is 12.1 Å². The maximum absolute atomic E-state index is 12.4. The Morgan fingerprint density at radius 1 is 0.957 bits per heavy atom. The van der Waals surface area contributed by atoms with Gasteiger partial charge in [-0.05, 0) is 36.4 Å². The van der Waals surface area contributed by atoms with E-state index in [1.54, 1.807) is 12.1 Å². The quantitative estimate of drug-likeness (QED) is 0.493. The molecule has 6 heteroatoms. The summed E-state index contributed by atoms with van der Waals surface area (Å²) >= 11 is 0. The van der Waals surface area contributed by atoms with Gasteiger partial charge in [0.2, 0.25) is 0 Å². The number of morpholine rings is 1. The summed E-state index contributed by atoms with van der Waals surface area (Å²) in [6.07, 6.45) is 0. The molecular formula is C17H16N2O4. The first kappa shape index (κ1) is 15.2. The van der Waals surface area contributed by atoms with E-state index in [-0.39, 0.29) is 11.5 Å². The molecule has 1 aliphatic rings. The Labute approximate surface area is 133 Å². The molecule has 2 aromatic rings. The van der Waals surface area contributed by atoms with Crippen molar-refractivity contribution in [1.29, 1.82) is 0 Å². The number of nitrogens with zero attached hydrogens (tertiary/aromatic N) is 2. The molecule has 0 saturated carbocycles. The van der Waals surface area contributed by atoms with Gasteiger partial charge in [0.15, 0.2) is 5.78 Å². The third kappa shape index (κ3) is 3.37. The predicted molar refractivity (Wildman–Crippen MR) is 86.0 cm³/mol. The Balaban J connectivity index is 1.75. The molecule has 0 aromatic heterocycles. The van der Waals surface area contributed by atoms with Crippen LogP contribution in [0.2, 0.25) is 0 Å². The Kier molecular flexibility index (Phi) is 4.34. The van der Waals surface area contributed by atoms with Crippen LogP contribution in [-0.2, 0) is 4.74 Å². The van der Waals surface area contributed by atoms with Gasteiger partial charge in [-0.25, -0.2) is 0 Å². The van der Waals surface area contributed by atoms with Crippen LogP contribution in [-0.4, -0.2) is 37.0 Å². The average molecular weight is 312 g/mol. The normalized spacial score (nSPS) is 14.5. The van der Waals surface area contributed by atoms with Crippen LogP contribution < -0.4 is 4.90 Å². The maximum atomic E-state index is 12.4. The molecule has 1 heterocycles. The summed E-state index contributed by atoms with van der Waals surface area (Å²) < 4.78 is 5.32. The first-order valence-corrected chi connectivity index (χ1v) is 7.37. The van der Waals surface area contributed by atoms with Crippen LogP contribution in [0, 0.1) is 10.1 Å². The van der Waals surface area contributed by atoms with Gasteiger partial charge in [0.25, 0.3) is 5.69 Å². The number of hydrogen-bond acceptors (Lipinski definition) is 5. The minimum atomic E-state index is -0.481. The zero-order valence-electron chi connectivity index (χ0n) is 12.5. The molecule has 23 heavy (non-hydrogen) atoms. The summed E-state index contributed by atoms with van der Waals surface area (Å²) in [5.74, 6) is -0.145. The molecular weight excluding hydrogens is 296 g/mol. The van der Waals surface area contributed by atoms with Crippen LogP contribution in [0.15, 0.2) is 48.5 Å². The zero-order chi connectivity index (χ0) is 16.2.